The molecule has 1 saturated heterocycles. The second kappa shape index (κ2) is 4.82. The number of hydrogen-bond donors (Lipinski definition) is 1. The average Bonchev–Trinajstić information content (AvgIpc) is 3.10. The Labute approximate surface area is 110 Å². The molecule has 4 nitrogen and oxygen atoms in total. The molecule has 1 atom stereocenters. The molecule has 0 spiro atoms. The largest absolute Gasteiger partial charge is 0.337 e. The first-order valence-corrected chi connectivity index (χ1v) is 7.31. The van der Waals surface area contributed by atoms with Crippen molar-refractivity contribution in [2.45, 2.75) is 38.1 Å². The van der Waals surface area contributed by atoms with Gasteiger partial charge >= 0.3 is 0 Å². The molecule has 1 fully saturated rings. The van der Waals surface area contributed by atoms with E-state index in [0.717, 1.165) is 37.5 Å². The van der Waals surface area contributed by atoms with E-state index in [-0.39, 0.29) is 5.54 Å². The fraction of sp³-hybridized carbons (Fsp3) is 0.538. The lowest BCUT2D eigenvalue weighted by atomic mass is 9.94. The molecule has 0 aromatic carbocycles. The predicted molar refractivity (Wildman–Crippen MR) is 70.6 cm³/mol. The van der Waals surface area contributed by atoms with Crippen molar-refractivity contribution < 1.29 is 4.52 Å². The number of aromatic nitrogens is 2. The Balaban J connectivity index is 1.80. The van der Waals surface area contributed by atoms with Crippen molar-refractivity contribution >= 4 is 11.3 Å². The molecule has 0 amide bonds. The van der Waals surface area contributed by atoms with Gasteiger partial charge in [-0.3, -0.25) is 0 Å². The summed E-state index contributed by atoms with van der Waals surface area (Å²) in [7, 11) is 0. The molecule has 5 heteroatoms. The lowest BCUT2D eigenvalue weighted by Gasteiger charge is -2.22. The van der Waals surface area contributed by atoms with Gasteiger partial charge in [-0.25, -0.2) is 0 Å². The minimum absolute atomic E-state index is 0.0826. The van der Waals surface area contributed by atoms with Crippen LogP contribution in [-0.4, -0.2) is 16.7 Å². The van der Waals surface area contributed by atoms with Crippen LogP contribution in [0.4, 0.5) is 0 Å². The number of nitrogens with one attached hydrogen (secondary N) is 1. The fourth-order valence-electron chi connectivity index (χ4n) is 2.53. The minimum Gasteiger partial charge on any atom is -0.337 e. The maximum atomic E-state index is 5.47. The van der Waals surface area contributed by atoms with Gasteiger partial charge in [0.25, 0.3) is 0 Å². The molecule has 96 valence electrons. The Bertz CT molecular complexity index is 500. The lowest BCUT2D eigenvalue weighted by molar-refractivity contribution is 0.249. The van der Waals surface area contributed by atoms with Crippen LogP contribution >= 0.6 is 11.3 Å². The van der Waals surface area contributed by atoms with E-state index in [4.69, 9.17) is 4.52 Å². The van der Waals surface area contributed by atoms with Crippen LogP contribution in [0.1, 0.15) is 42.8 Å². The molecule has 1 N–H and O–H groups in total. The maximum absolute atomic E-state index is 5.47. The molecule has 0 saturated carbocycles. The van der Waals surface area contributed by atoms with E-state index >= 15 is 0 Å². The van der Waals surface area contributed by atoms with Crippen LogP contribution in [0.5, 0.6) is 0 Å². The van der Waals surface area contributed by atoms with E-state index in [1.165, 1.54) is 11.3 Å². The number of thiophene rings is 1. The SMILES string of the molecule is CCC1(c2nc(Cc3cccs3)no2)CCCN1. The molecule has 2 aromatic rings. The third-order valence-corrected chi connectivity index (χ3v) is 4.51. The zero-order valence-electron chi connectivity index (χ0n) is 10.5. The van der Waals surface area contributed by atoms with Crippen LogP contribution in [0.3, 0.4) is 0 Å². The summed E-state index contributed by atoms with van der Waals surface area (Å²) in [4.78, 5) is 5.85. The second-order valence-electron chi connectivity index (χ2n) is 4.74. The summed E-state index contributed by atoms with van der Waals surface area (Å²) in [5.41, 5.74) is -0.0826. The molecule has 3 rings (SSSR count). The van der Waals surface area contributed by atoms with Crippen LogP contribution in [-0.2, 0) is 12.0 Å². The highest BCUT2D eigenvalue weighted by molar-refractivity contribution is 7.09. The third kappa shape index (κ3) is 2.08. The van der Waals surface area contributed by atoms with Gasteiger partial charge in [0.15, 0.2) is 5.82 Å². The van der Waals surface area contributed by atoms with Crippen molar-refractivity contribution in [1.29, 1.82) is 0 Å². The monoisotopic (exact) mass is 263 g/mol. The van der Waals surface area contributed by atoms with Gasteiger partial charge in [-0.15, -0.1) is 11.3 Å². The van der Waals surface area contributed by atoms with Crippen molar-refractivity contribution in [3.05, 3.63) is 34.1 Å². The highest BCUT2D eigenvalue weighted by Crippen LogP contribution is 2.32. The lowest BCUT2D eigenvalue weighted by Crippen LogP contribution is -2.36. The van der Waals surface area contributed by atoms with Crippen LogP contribution in [0.25, 0.3) is 0 Å². The van der Waals surface area contributed by atoms with E-state index in [1.54, 1.807) is 11.3 Å². The van der Waals surface area contributed by atoms with Gasteiger partial charge in [0.1, 0.15) is 0 Å². The molecule has 1 aliphatic rings. The Morgan fingerprint density at radius 2 is 2.50 bits per heavy atom. The van der Waals surface area contributed by atoms with E-state index in [0.29, 0.717) is 0 Å². The highest BCUT2D eigenvalue weighted by Gasteiger charge is 2.38. The van der Waals surface area contributed by atoms with Gasteiger partial charge in [-0.1, -0.05) is 18.1 Å². The molecule has 1 aliphatic heterocycles. The van der Waals surface area contributed by atoms with Gasteiger partial charge in [0.2, 0.25) is 5.89 Å². The van der Waals surface area contributed by atoms with Crippen LogP contribution in [0.15, 0.2) is 22.0 Å². The van der Waals surface area contributed by atoms with Crippen molar-refractivity contribution in [2.75, 3.05) is 6.54 Å². The first-order chi connectivity index (χ1) is 8.82. The van der Waals surface area contributed by atoms with Gasteiger partial charge in [-0.2, -0.15) is 4.98 Å². The van der Waals surface area contributed by atoms with Gasteiger partial charge < -0.3 is 9.84 Å². The first kappa shape index (κ1) is 11.9. The molecule has 1 unspecified atom stereocenters. The van der Waals surface area contributed by atoms with E-state index in [9.17, 15) is 0 Å². The van der Waals surface area contributed by atoms with E-state index in [1.807, 2.05) is 6.07 Å². The van der Waals surface area contributed by atoms with Gasteiger partial charge in [0, 0.05) is 11.3 Å². The summed E-state index contributed by atoms with van der Waals surface area (Å²) in [5.74, 6) is 1.54. The normalized spacial score (nSPS) is 23.6. The maximum Gasteiger partial charge on any atom is 0.246 e. The average molecular weight is 263 g/mol. The topological polar surface area (TPSA) is 51.0 Å². The fourth-order valence-corrected chi connectivity index (χ4v) is 3.23. The third-order valence-electron chi connectivity index (χ3n) is 3.64. The second-order valence-corrected chi connectivity index (χ2v) is 5.77. The first-order valence-electron chi connectivity index (χ1n) is 6.43. The number of nitrogens with zero attached hydrogens (tertiary/aromatic N) is 2. The van der Waals surface area contributed by atoms with Crippen molar-refractivity contribution in [1.82, 2.24) is 15.5 Å². The molecular formula is C13H17N3OS. The predicted octanol–water partition coefficient (Wildman–Crippen LogP) is 2.71. The highest BCUT2D eigenvalue weighted by atomic mass is 32.1. The number of hydrogen-bond acceptors (Lipinski definition) is 5. The summed E-state index contributed by atoms with van der Waals surface area (Å²) in [6.45, 7) is 3.21. The minimum atomic E-state index is -0.0826. The molecular weight excluding hydrogens is 246 g/mol. The van der Waals surface area contributed by atoms with Crippen LogP contribution < -0.4 is 5.32 Å². The summed E-state index contributed by atoms with van der Waals surface area (Å²) in [6, 6.07) is 4.15. The Morgan fingerprint density at radius 1 is 1.56 bits per heavy atom. The van der Waals surface area contributed by atoms with Gasteiger partial charge in [-0.05, 0) is 37.3 Å². The van der Waals surface area contributed by atoms with Crippen molar-refractivity contribution in [2.24, 2.45) is 0 Å². The van der Waals surface area contributed by atoms with E-state index in [2.05, 4.69) is 33.8 Å². The zero-order chi connectivity index (χ0) is 12.4. The molecule has 0 aliphatic carbocycles. The molecule has 2 aromatic heterocycles. The van der Waals surface area contributed by atoms with Crippen molar-refractivity contribution in [3.8, 4) is 0 Å². The molecule has 0 radical (unpaired) electrons. The van der Waals surface area contributed by atoms with Crippen LogP contribution in [0.2, 0.25) is 0 Å². The zero-order valence-corrected chi connectivity index (χ0v) is 11.3. The van der Waals surface area contributed by atoms with E-state index < -0.39 is 0 Å². The quantitative estimate of drug-likeness (QED) is 0.921. The van der Waals surface area contributed by atoms with Gasteiger partial charge in [0.05, 0.1) is 5.54 Å². The summed E-state index contributed by atoms with van der Waals surface area (Å²) in [5, 5.41) is 9.70. The summed E-state index contributed by atoms with van der Waals surface area (Å²) >= 11 is 1.73. The smallest absolute Gasteiger partial charge is 0.246 e. The summed E-state index contributed by atoms with van der Waals surface area (Å²) in [6.07, 6.45) is 4.02. The number of rotatable bonds is 4. The van der Waals surface area contributed by atoms with Crippen LogP contribution in [0, 0.1) is 0 Å². The Kier molecular flexibility index (Phi) is 3.18. The summed E-state index contributed by atoms with van der Waals surface area (Å²) < 4.78 is 5.47. The Hall–Kier alpha value is -1.20. The molecule has 3 heterocycles. The van der Waals surface area contributed by atoms with Crippen molar-refractivity contribution in [3.63, 3.8) is 0 Å². The molecule has 18 heavy (non-hydrogen) atoms. The molecule has 0 bridgehead atoms. The Morgan fingerprint density at radius 3 is 3.17 bits per heavy atom. The standard InChI is InChI=1S/C13H17N3OS/c1-2-13(6-4-7-14-13)12-15-11(16-17-12)9-10-5-3-8-18-10/h3,5,8,14H,2,4,6-7,9H2,1H3.